The zero-order valence-electron chi connectivity index (χ0n) is 12.9. The Kier molecular flexibility index (Phi) is 5.06. The summed E-state index contributed by atoms with van der Waals surface area (Å²) in [5, 5.41) is 0. The first-order valence-corrected chi connectivity index (χ1v) is 7.65. The Hall–Kier alpha value is -1.06. The number of ether oxygens (including phenoxy) is 2. The van der Waals surface area contributed by atoms with Gasteiger partial charge in [0.05, 0.1) is 18.2 Å². The molecule has 1 aromatic rings. The van der Waals surface area contributed by atoms with Crippen LogP contribution in [-0.2, 0) is 4.74 Å². The highest BCUT2D eigenvalue weighted by Crippen LogP contribution is 2.42. The first-order valence-electron chi connectivity index (χ1n) is 7.65. The quantitative estimate of drug-likeness (QED) is 0.893. The van der Waals surface area contributed by atoms with Gasteiger partial charge in [0.25, 0.3) is 0 Å². The van der Waals surface area contributed by atoms with Gasteiger partial charge in [-0.3, -0.25) is 0 Å². The molecular weight excluding hydrogens is 250 g/mol. The number of rotatable bonds is 5. The van der Waals surface area contributed by atoms with Crippen LogP contribution < -0.4 is 10.5 Å². The highest BCUT2D eigenvalue weighted by molar-refractivity contribution is 5.32. The summed E-state index contributed by atoms with van der Waals surface area (Å²) in [5.74, 6) is 1.56. The Bertz CT molecular complexity index is 435. The molecule has 2 N–H and O–H groups in total. The molecule has 1 saturated carbocycles. The average Bonchev–Trinajstić information content (AvgIpc) is 2.47. The van der Waals surface area contributed by atoms with E-state index in [1.165, 1.54) is 12.8 Å². The summed E-state index contributed by atoms with van der Waals surface area (Å²) in [6.45, 7) is 4.95. The Labute approximate surface area is 122 Å². The molecule has 0 bridgehead atoms. The average molecular weight is 277 g/mol. The van der Waals surface area contributed by atoms with Crippen LogP contribution in [0.15, 0.2) is 24.3 Å². The van der Waals surface area contributed by atoms with Crippen molar-refractivity contribution in [3.8, 4) is 5.75 Å². The highest BCUT2D eigenvalue weighted by Gasteiger charge is 2.41. The Morgan fingerprint density at radius 2 is 2.25 bits per heavy atom. The summed E-state index contributed by atoms with van der Waals surface area (Å²) in [5.41, 5.74) is 7.43. The molecule has 0 saturated heterocycles. The van der Waals surface area contributed by atoms with Crippen molar-refractivity contribution in [3.63, 3.8) is 0 Å². The number of benzene rings is 1. The third-order valence-electron chi connectivity index (χ3n) is 4.49. The Morgan fingerprint density at radius 1 is 1.45 bits per heavy atom. The van der Waals surface area contributed by atoms with Gasteiger partial charge >= 0.3 is 0 Å². The molecule has 0 spiro atoms. The van der Waals surface area contributed by atoms with E-state index in [4.69, 9.17) is 15.2 Å². The molecule has 0 radical (unpaired) electrons. The van der Waals surface area contributed by atoms with Crippen LogP contribution in [-0.4, -0.2) is 19.3 Å². The van der Waals surface area contributed by atoms with Crippen molar-refractivity contribution < 1.29 is 9.47 Å². The standard InChI is InChI=1S/C17H27NO2/c1-4-20-15-9-5-8-14(11-15)16(18)17(19-3)10-6-7-13(2)12-17/h5,8-9,11,13,16H,4,6-7,10,12,18H2,1-3H3. The largest absolute Gasteiger partial charge is 0.494 e. The van der Waals surface area contributed by atoms with Crippen molar-refractivity contribution >= 4 is 0 Å². The van der Waals surface area contributed by atoms with E-state index in [2.05, 4.69) is 13.0 Å². The van der Waals surface area contributed by atoms with Gasteiger partial charge in [-0.15, -0.1) is 0 Å². The molecule has 3 heteroatoms. The van der Waals surface area contributed by atoms with Crippen LogP contribution in [0, 0.1) is 5.92 Å². The van der Waals surface area contributed by atoms with Gasteiger partial charge in [0.1, 0.15) is 5.75 Å². The smallest absolute Gasteiger partial charge is 0.119 e. The van der Waals surface area contributed by atoms with Crippen LogP contribution in [0.25, 0.3) is 0 Å². The second kappa shape index (κ2) is 6.59. The van der Waals surface area contributed by atoms with Crippen LogP contribution in [0.2, 0.25) is 0 Å². The molecule has 1 aliphatic rings. The summed E-state index contributed by atoms with van der Waals surface area (Å²) in [4.78, 5) is 0. The molecule has 2 rings (SSSR count). The number of nitrogens with two attached hydrogens (primary N) is 1. The molecule has 1 aliphatic carbocycles. The van der Waals surface area contributed by atoms with Gasteiger partial charge in [0.15, 0.2) is 0 Å². The second-order valence-corrected chi connectivity index (χ2v) is 5.95. The fourth-order valence-corrected chi connectivity index (χ4v) is 3.41. The molecule has 0 amide bonds. The van der Waals surface area contributed by atoms with Crippen molar-refractivity contribution in [1.82, 2.24) is 0 Å². The normalized spacial score (nSPS) is 28.1. The first kappa shape index (κ1) is 15.3. The van der Waals surface area contributed by atoms with Crippen molar-refractivity contribution in [1.29, 1.82) is 0 Å². The molecule has 3 atom stereocenters. The molecule has 20 heavy (non-hydrogen) atoms. The summed E-state index contributed by atoms with van der Waals surface area (Å²) in [6, 6.07) is 8.01. The monoisotopic (exact) mass is 277 g/mol. The van der Waals surface area contributed by atoms with E-state index < -0.39 is 0 Å². The third kappa shape index (κ3) is 3.15. The van der Waals surface area contributed by atoms with E-state index in [0.29, 0.717) is 12.5 Å². The van der Waals surface area contributed by atoms with Gasteiger partial charge in [-0.05, 0) is 43.4 Å². The molecule has 0 heterocycles. The van der Waals surface area contributed by atoms with Gasteiger partial charge in [0.2, 0.25) is 0 Å². The van der Waals surface area contributed by atoms with Gasteiger partial charge in [-0.1, -0.05) is 31.9 Å². The van der Waals surface area contributed by atoms with E-state index in [-0.39, 0.29) is 11.6 Å². The SMILES string of the molecule is CCOc1cccc(C(N)C2(OC)CCCC(C)C2)c1. The van der Waals surface area contributed by atoms with Crippen molar-refractivity contribution in [3.05, 3.63) is 29.8 Å². The summed E-state index contributed by atoms with van der Waals surface area (Å²) in [7, 11) is 1.80. The lowest BCUT2D eigenvalue weighted by Crippen LogP contribution is -2.46. The van der Waals surface area contributed by atoms with E-state index in [1.54, 1.807) is 7.11 Å². The summed E-state index contributed by atoms with van der Waals surface area (Å²) < 4.78 is 11.5. The van der Waals surface area contributed by atoms with E-state index in [9.17, 15) is 0 Å². The zero-order valence-corrected chi connectivity index (χ0v) is 12.9. The van der Waals surface area contributed by atoms with Gasteiger partial charge in [-0.2, -0.15) is 0 Å². The van der Waals surface area contributed by atoms with Crippen LogP contribution in [0.1, 0.15) is 51.1 Å². The summed E-state index contributed by atoms with van der Waals surface area (Å²) in [6.07, 6.45) is 4.53. The van der Waals surface area contributed by atoms with Crippen molar-refractivity contribution in [2.75, 3.05) is 13.7 Å². The minimum absolute atomic E-state index is 0.101. The predicted molar refractivity (Wildman–Crippen MR) is 81.9 cm³/mol. The summed E-state index contributed by atoms with van der Waals surface area (Å²) >= 11 is 0. The zero-order chi connectivity index (χ0) is 14.6. The Morgan fingerprint density at radius 3 is 2.90 bits per heavy atom. The van der Waals surface area contributed by atoms with Crippen LogP contribution in [0.4, 0.5) is 0 Å². The molecule has 3 unspecified atom stereocenters. The number of hydrogen-bond acceptors (Lipinski definition) is 3. The Balaban J connectivity index is 2.23. The van der Waals surface area contributed by atoms with E-state index in [0.717, 1.165) is 24.2 Å². The van der Waals surface area contributed by atoms with Crippen molar-refractivity contribution in [2.24, 2.45) is 11.7 Å². The topological polar surface area (TPSA) is 44.5 Å². The fraction of sp³-hybridized carbons (Fsp3) is 0.647. The third-order valence-corrected chi connectivity index (χ3v) is 4.49. The predicted octanol–water partition coefficient (Wildman–Crippen LogP) is 3.68. The molecule has 112 valence electrons. The molecular formula is C17H27NO2. The van der Waals surface area contributed by atoms with Crippen LogP contribution in [0.3, 0.4) is 0 Å². The number of hydrogen-bond donors (Lipinski definition) is 1. The molecule has 0 aliphatic heterocycles. The highest BCUT2D eigenvalue weighted by atomic mass is 16.5. The van der Waals surface area contributed by atoms with Gasteiger partial charge in [-0.25, -0.2) is 0 Å². The molecule has 1 fully saturated rings. The van der Waals surface area contributed by atoms with Gasteiger partial charge in [0, 0.05) is 7.11 Å². The second-order valence-electron chi connectivity index (χ2n) is 5.95. The maximum atomic E-state index is 6.56. The minimum atomic E-state index is -0.234. The molecule has 1 aromatic carbocycles. The lowest BCUT2D eigenvalue weighted by atomic mass is 9.73. The first-order chi connectivity index (χ1) is 9.61. The van der Waals surface area contributed by atoms with E-state index in [1.807, 2.05) is 25.1 Å². The lowest BCUT2D eigenvalue weighted by molar-refractivity contribution is -0.0718. The van der Waals surface area contributed by atoms with Crippen molar-refractivity contribution in [2.45, 2.75) is 51.2 Å². The van der Waals surface area contributed by atoms with Crippen LogP contribution in [0.5, 0.6) is 5.75 Å². The van der Waals surface area contributed by atoms with Gasteiger partial charge < -0.3 is 15.2 Å². The maximum Gasteiger partial charge on any atom is 0.119 e. The van der Waals surface area contributed by atoms with Crippen LogP contribution >= 0.6 is 0 Å². The molecule has 0 aromatic heterocycles. The molecule has 3 nitrogen and oxygen atoms in total. The maximum absolute atomic E-state index is 6.56. The fourth-order valence-electron chi connectivity index (χ4n) is 3.41. The number of methoxy groups -OCH3 is 1. The minimum Gasteiger partial charge on any atom is -0.494 e. The van der Waals surface area contributed by atoms with E-state index >= 15 is 0 Å². The lowest BCUT2D eigenvalue weighted by Gasteiger charge is -2.43.